The Labute approximate surface area is 157 Å². The van der Waals surface area contributed by atoms with Crippen LogP contribution in [0.3, 0.4) is 0 Å². The average molecular weight is 368 g/mol. The predicted octanol–water partition coefficient (Wildman–Crippen LogP) is 3.37. The molecular weight excluding hydrogens is 344 g/mol. The fraction of sp³-hybridized carbons (Fsp3) is 0.350. The fourth-order valence-electron chi connectivity index (χ4n) is 2.73. The van der Waals surface area contributed by atoms with Crippen molar-refractivity contribution in [2.24, 2.45) is 0 Å². The lowest BCUT2D eigenvalue weighted by Gasteiger charge is -2.16. The van der Waals surface area contributed by atoms with Crippen LogP contribution in [0.5, 0.6) is 5.88 Å². The molecule has 3 heterocycles. The Morgan fingerprint density at radius 3 is 2.74 bits per heavy atom. The molecule has 0 aliphatic carbocycles. The first-order valence-electron chi connectivity index (χ1n) is 8.81. The second kappa shape index (κ2) is 7.36. The molecule has 0 unspecified atom stereocenters. The average Bonchev–Trinajstić information content (AvgIpc) is 2.96. The molecule has 7 nitrogen and oxygen atoms in total. The molecular formula is C20H24N4O3. The highest BCUT2D eigenvalue weighted by Gasteiger charge is 2.16. The van der Waals surface area contributed by atoms with Crippen molar-refractivity contribution in [3.05, 3.63) is 47.3 Å². The van der Waals surface area contributed by atoms with Gasteiger partial charge in [-0.15, -0.1) is 0 Å². The van der Waals surface area contributed by atoms with Crippen LogP contribution in [0.2, 0.25) is 0 Å². The molecule has 0 atom stereocenters. The van der Waals surface area contributed by atoms with Crippen molar-refractivity contribution in [2.45, 2.75) is 39.7 Å². The van der Waals surface area contributed by atoms with Gasteiger partial charge in [0.2, 0.25) is 5.88 Å². The Kier molecular flexibility index (Phi) is 5.14. The number of nitrogens with zero attached hydrogens (tertiary/aromatic N) is 2. The van der Waals surface area contributed by atoms with E-state index in [0.717, 1.165) is 16.8 Å². The van der Waals surface area contributed by atoms with Gasteiger partial charge in [-0.25, -0.2) is 9.97 Å². The summed E-state index contributed by atoms with van der Waals surface area (Å²) in [6.45, 7) is 7.62. The number of aromatic nitrogens is 3. The Morgan fingerprint density at radius 1 is 1.26 bits per heavy atom. The lowest BCUT2D eigenvalue weighted by Crippen LogP contribution is -2.22. The van der Waals surface area contributed by atoms with Crippen LogP contribution in [0, 0.1) is 13.8 Å². The molecule has 0 aliphatic heterocycles. The number of fused-ring (bicyclic) bond motifs is 1. The highest BCUT2D eigenvalue weighted by molar-refractivity contribution is 6.11. The summed E-state index contributed by atoms with van der Waals surface area (Å²) in [5, 5.41) is 12.6. The Bertz CT molecular complexity index is 953. The molecule has 0 fully saturated rings. The molecule has 7 heteroatoms. The Hall–Kier alpha value is -2.93. The monoisotopic (exact) mass is 368 g/mol. The summed E-state index contributed by atoms with van der Waals surface area (Å²) in [6, 6.07) is 7.31. The van der Waals surface area contributed by atoms with Crippen molar-refractivity contribution in [3.63, 3.8) is 0 Å². The third-order valence-electron chi connectivity index (χ3n) is 4.04. The SMILES string of the molecule is Cc1cc(C)nc(NC(=O)c2c[nH]c3ccc(OCCC(C)(C)O)nc23)c1. The smallest absolute Gasteiger partial charge is 0.260 e. The molecule has 27 heavy (non-hydrogen) atoms. The van der Waals surface area contributed by atoms with Crippen molar-refractivity contribution in [1.29, 1.82) is 0 Å². The zero-order valence-corrected chi connectivity index (χ0v) is 16.0. The number of anilines is 1. The summed E-state index contributed by atoms with van der Waals surface area (Å²) in [5.41, 5.74) is 2.74. The van der Waals surface area contributed by atoms with Gasteiger partial charge < -0.3 is 20.1 Å². The van der Waals surface area contributed by atoms with Gasteiger partial charge in [-0.05, 0) is 51.5 Å². The number of amides is 1. The second-order valence-electron chi connectivity index (χ2n) is 7.28. The summed E-state index contributed by atoms with van der Waals surface area (Å²) in [6.07, 6.45) is 2.10. The number of rotatable bonds is 6. The molecule has 3 N–H and O–H groups in total. The number of hydrogen-bond donors (Lipinski definition) is 3. The molecule has 142 valence electrons. The molecule has 1 amide bonds. The molecule has 0 bridgehead atoms. The molecule has 0 saturated heterocycles. The van der Waals surface area contributed by atoms with E-state index in [-0.39, 0.29) is 5.91 Å². The van der Waals surface area contributed by atoms with E-state index in [1.165, 1.54) is 0 Å². The zero-order chi connectivity index (χ0) is 19.6. The quantitative estimate of drug-likeness (QED) is 0.619. The topological polar surface area (TPSA) is 100 Å². The number of aliphatic hydroxyl groups is 1. The number of aromatic amines is 1. The fourth-order valence-corrected chi connectivity index (χ4v) is 2.73. The first kappa shape index (κ1) is 18.8. The van der Waals surface area contributed by atoms with Gasteiger partial charge in [0.05, 0.1) is 23.3 Å². The van der Waals surface area contributed by atoms with Gasteiger partial charge in [0.15, 0.2) is 0 Å². The second-order valence-corrected chi connectivity index (χ2v) is 7.28. The number of ether oxygens (including phenoxy) is 1. The van der Waals surface area contributed by atoms with E-state index >= 15 is 0 Å². The minimum atomic E-state index is -0.803. The van der Waals surface area contributed by atoms with Crippen molar-refractivity contribution >= 4 is 22.8 Å². The van der Waals surface area contributed by atoms with E-state index < -0.39 is 5.60 Å². The maximum absolute atomic E-state index is 12.7. The van der Waals surface area contributed by atoms with Crippen molar-refractivity contribution in [1.82, 2.24) is 15.0 Å². The van der Waals surface area contributed by atoms with Crippen LogP contribution in [0.15, 0.2) is 30.5 Å². The van der Waals surface area contributed by atoms with Gasteiger partial charge in [-0.2, -0.15) is 0 Å². The summed E-state index contributed by atoms with van der Waals surface area (Å²) in [7, 11) is 0. The molecule has 3 rings (SSSR count). The third kappa shape index (κ3) is 4.83. The van der Waals surface area contributed by atoms with E-state index in [0.29, 0.717) is 35.8 Å². The van der Waals surface area contributed by atoms with Crippen LogP contribution in [0.25, 0.3) is 11.0 Å². The number of nitrogens with one attached hydrogen (secondary N) is 2. The van der Waals surface area contributed by atoms with Crippen LogP contribution >= 0.6 is 0 Å². The molecule has 0 radical (unpaired) electrons. The van der Waals surface area contributed by atoms with Crippen LogP contribution in [0.1, 0.15) is 41.9 Å². The van der Waals surface area contributed by atoms with Crippen LogP contribution < -0.4 is 10.1 Å². The molecule has 0 aromatic carbocycles. The number of aryl methyl sites for hydroxylation is 2. The largest absolute Gasteiger partial charge is 0.478 e. The van der Waals surface area contributed by atoms with E-state index in [1.54, 1.807) is 26.1 Å². The van der Waals surface area contributed by atoms with Gasteiger partial charge >= 0.3 is 0 Å². The lowest BCUT2D eigenvalue weighted by molar-refractivity contribution is 0.0547. The Balaban J connectivity index is 1.79. The lowest BCUT2D eigenvalue weighted by atomic mass is 10.1. The van der Waals surface area contributed by atoms with Crippen LogP contribution in [-0.2, 0) is 0 Å². The zero-order valence-electron chi connectivity index (χ0n) is 16.0. The normalized spacial score (nSPS) is 11.6. The van der Waals surface area contributed by atoms with Crippen LogP contribution in [-0.4, -0.2) is 38.2 Å². The number of H-pyrrole nitrogens is 1. The van der Waals surface area contributed by atoms with Crippen molar-refractivity contribution in [3.8, 4) is 5.88 Å². The molecule has 3 aromatic rings. The minimum Gasteiger partial charge on any atom is -0.478 e. The minimum absolute atomic E-state index is 0.292. The summed E-state index contributed by atoms with van der Waals surface area (Å²) >= 11 is 0. The summed E-state index contributed by atoms with van der Waals surface area (Å²) < 4.78 is 5.61. The first-order valence-corrected chi connectivity index (χ1v) is 8.81. The summed E-state index contributed by atoms with van der Waals surface area (Å²) in [5.74, 6) is 0.620. The van der Waals surface area contributed by atoms with Gasteiger partial charge in [0, 0.05) is 24.4 Å². The van der Waals surface area contributed by atoms with Gasteiger partial charge in [0.25, 0.3) is 5.91 Å². The number of carbonyl (C=O) groups is 1. The van der Waals surface area contributed by atoms with Crippen molar-refractivity contribution < 1.29 is 14.6 Å². The highest BCUT2D eigenvalue weighted by atomic mass is 16.5. The van der Waals surface area contributed by atoms with Crippen molar-refractivity contribution in [2.75, 3.05) is 11.9 Å². The third-order valence-corrected chi connectivity index (χ3v) is 4.04. The first-order chi connectivity index (χ1) is 12.7. The van der Waals surface area contributed by atoms with Gasteiger partial charge in [0.1, 0.15) is 11.3 Å². The van der Waals surface area contributed by atoms with E-state index in [2.05, 4.69) is 20.3 Å². The number of carbonyl (C=O) groups excluding carboxylic acids is 1. The van der Waals surface area contributed by atoms with Crippen LogP contribution in [0.4, 0.5) is 5.82 Å². The van der Waals surface area contributed by atoms with E-state index in [1.807, 2.05) is 32.0 Å². The Morgan fingerprint density at radius 2 is 2.04 bits per heavy atom. The maximum Gasteiger partial charge on any atom is 0.260 e. The summed E-state index contributed by atoms with van der Waals surface area (Å²) in [4.78, 5) is 24.5. The van der Waals surface area contributed by atoms with E-state index in [9.17, 15) is 9.90 Å². The number of pyridine rings is 2. The maximum atomic E-state index is 12.7. The molecule has 0 aliphatic rings. The molecule has 3 aromatic heterocycles. The standard InChI is InChI=1S/C20H24N4O3/c1-12-9-13(2)22-16(10-12)23-19(25)14-11-21-15-5-6-17(24-18(14)15)27-8-7-20(3,4)26/h5-6,9-11,21,26H,7-8H2,1-4H3,(H,22,23,25). The predicted molar refractivity (Wildman–Crippen MR) is 104 cm³/mol. The van der Waals surface area contributed by atoms with Gasteiger partial charge in [-0.3, -0.25) is 4.79 Å². The molecule has 0 spiro atoms. The van der Waals surface area contributed by atoms with Gasteiger partial charge in [-0.1, -0.05) is 0 Å². The number of hydrogen-bond acceptors (Lipinski definition) is 5. The highest BCUT2D eigenvalue weighted by Crippen LogP contribution is 2.21. The molecule has 0 saturated carbocycles. The van der Waals surface area contributed by atoms with E-state index in [4.69, 9.17) is 4.74 Å².